The van der Waals surface area contributed by atoms with Gasteiger partial charge in [0.15, 0.2) is 0 Å². The van der Waals surface area contributed by atoms with Gasteiger partial charge in [-0.05, 0) is 18.6 Å². The molecule has 5 nitrogen and oxygen atoms in total. The van der Waals surface area contributed by atoms with E-state index in [0.29, 0.717) is 23.5 Å². The Labute approximate surface area is 115 Å². The number of carbonyl (C=O) groups is 2. The number of hydrogen-bond acceptors (Lipinski definition) is 5. The SMILES string of the molecule is COc1ccc(C(=O)NC2CCSC2=O)c(OC)c1. The predicted octanol–water partition coefficient (Wildman–Crippen LogP) is 1.47. The summed E-state index contributed by atoms with van der Waals surface area (Å²) in [6.07, 6.45) is 0.674. The summed E-state index contributed by atoms with van der Waals surface area (Å²) in [6.45, 7) is 0. The van der Waals surface area contributed by atoms with E-state index >= 15 is 0 Å². The van der Waals surface area contributed by atoms with Gasteiger partial charge in [0.2, 0.25) is 5.12 Å². The van der Waals surface area contributed by atoms with Crippen molar-refractivity contribution in [3.8, 4) is 11.5 Å². The second-order valence-corrected chi connectivity index (χ2v) is 5.15. The van der Waals surface area contributed by atoms with Crippen molar-refractivity contribution in [3.63, 3.8) is 0 Å². The third kappa shape index (κ3) is 3.01. The summed E-state index contributed by atoms with van der Waals surface area (Å²) >= 11 is 1.25. The fourth-order valence-corrected chi connectivity index (χ4v) is 2.78. The summed E-state index contributed by atoms with van der Waals surface area (Å²) in [5, 5.41) is 2.74. The number of nitrogens with one attached hydrogen (secondary N) is 1. The minimum atomic E-state index is -0.399. The number of amides is 1. The lowest BCUT2D eigenvalue weighted by Gasteiger charge is -2.13. The molecule has 2 rings (SSSR count). The van der Waals surface area contributed by atoms with Gasteiger partial charge in [0, 0.05) is 11.8 Å². The quantitative estimate of drug-likeness (QED) is 0.905. The van der Waals surface area contributed by atoms with Crippen molar-refractivity contribution in [2.24, 2.45) is 0 Å². The van der Waals surface area contributed by atoms with Gasteiger partial charge in [0.1, 0.15) is 11.5 Å². The molecule has 6 heteroatoms. The van der Waals surface area contributed by atoms with E-state index in [-0.39, 0.29) is 11.0 Å². The van der Waals surface area contributed by atoms with E-state index in [2.05, 4.69) is 5.32 Å². The third-order valence-corrected chi connectivity index (χ3v) is 3.90. The lowest BCUT2D eigenvalue weighted by Crippen LogP contribution is -2.37. The van der Waals surface area contributed by atoms with Crippen LogP contribution in [0.2, 0.25) is 0 Å². The van der Waals surface area contributed by atoms with Crippen LogP contribution in [0.25, 0.3) is 0 Å². The molecule has 1 aromatic rings. The average molecular weight is 281 g/mol. The molecule has 0 aliphatic carbocycles. The van der Waals surface area contributed by atoms with E-state index in [1.165, 1.54) is 18.9 Å². The summed E-state index contributed by atoms with van der Waals surface area (Å²) < 4.78 is 10.2. The van der Waals surface area contributed by atoms with Gasteiger partial charge in [0.05, 0.1) is 25.8 Å². The molecule has 1 heterocycles. The number of carbonyl (C=O) groups excluding carboxylic acids is 2. The first kappa shape index (κ1) is 13.7. The molecule has 102 valence electrons. The van der Waals surface area contributed by atoms with E-state index in [0.717, 1.165) is 5.75 Å². The molecule has 1 aliphatic heterocycles. The highest BCUT2D eigenvalue weighted by molar-refractivity contribution is 8.14. The van der Waals surface area contributed by atoms with Crippen LogP contribution in [0.3, 0.4) is 0 Å². The lowest BCUT2D eigenvalue weighted by molar-refractivity contribution is -0.112. The highest BCUT2D eigenvalue weighted by Crippen LogP contribution is 2.25. The maximum atomic E-state index is 12.1. The Morgan fingerprint density at radius 1 is 1.37 bits per heavy atom. The van der Waals surface area contributed by atoms with Crippen LogP contribution < -0.4 is 14.8 Å². The molecule has 1 amide bonds. The van der Waals surface area contributed by atoms with Crippen LogP contribution in [0.1, 0.15) is 16.8 Å². The van der Waals surface area contributed by atoms with E-state index < -0.39 is 6.04 Å². The number of hydrogen-bond donors (Lipinski definition) is 1. The maximum absolute atomic E-state index is 12.1. The van der Waals surface area contributed by atoms with Crippen molar-refractivity contribution in [2.45, 2.75) is 12.5 Å². The van der Waals surface area contributed by atoms with Crippen molar-refractivity contribution >= 4 is 22.8 Å². The number of ether oxygens (including phenoxy) is 2. The molecule has 1 saturated heterocycles. The van der Waals surface area contributed by atoms with Crippen molar-refractivity contribution in [3.05, 3.63) is 23.8 Å². The molecule has 0 spiro atoms. The lowest BCUT2D eigenvalue weighted by atomic mass is 10.1. The number of rotatable bonds is 4. The van der Waals surface area contributed by atoms with E-state index in [1.807, 2.05) is 0 Å². The summed E-state index contributed by atoms with van der Waals surface area (Å²) in [7, 11) is 3.03. The number of thioether (sulfide) groups is 1. The normalized spacial score (nSPS) is 18.2. The molecule has 1 unspecified atom stereocenters. The number of benzene rings is 1. The molecule has 0 radical (unpaired) electrons. The molecular formula is C13H15NO4S. The molecule has 1 atom stereocenters. The molecule has 1 fully saturated rings. The van der Waals surface area contributed by atoms with Crippen molar-refractivity contribution < 1.29 is 19.1 Å². The Balaban J connectivity index is 2.16. The van der Waals surface area contributed by atoms with Crippen LogP contribution in [0.4, 0.5) is 0 Å². The summed E-state index contributed by atoms with van der Waals surface area (Å²) in [6, 6.07) is 4.55. The third-order valence-electron chi connectivity index (χ3n) is 2.89. The van der Waals surface area contributed by atoms with E-state index in [9.17, 15) is 9.59 Å². The van der Waals surface area contributed by atoms with Gasteiger partial charge in [-0.1, -0.05) is 11.8 Å². The summed E-state index contributed by atoms with van der Waals surface area (Å²) in [4.78, 5) is 23.6. The minimum Gasteiger partial charge on any atom is -0.497 e. The molecule has 0 bridgehead atoms. The molecule has 1 N–H and O–H groups in total. The Bertz CT molecular complexity index is 503. The molecule has 1 aliphatic rings. The van der Waals surface area contributed by atoms with Crippen LogP contribution in [0.15, 0.2) is 18.2 Å². The highest BCUT2D eigenvalue weighted by atomic mass is 32.2. The molecule has 0 aromatic heterocycles. The van der Waals surface area contributed by atoms with Crippen LogP contribution in [0, 0.1) is 0 Å². The van der Waals surface area contributed by atoms with Crippen molar-refractivity contribution in [1.82, 2.24) is 5.32 Å². The topological polar surface area (TPSA) is 64.6 Å². The Hall–Kier alpha value is -1.69. The fraction of sp³-hybridized carbons (Fsp3) is 0.385. The predicted molar refractivity (Wildman–Crippen MR) is 72.9 cm³/mol. The Morgan fingerprint density at radius 2 is 2.16 bits per heavy atom. The van der Waals surface area contributed by atoms with Gasteiger partial charge in [-0.15, -0.1) is 0 Å². The van der Waals surface area contributed by atoms with Gasteiger partial charge in [0.25, 0.3) is 5.91 Å². The van der Waals surface area contributed by atoms with E-state index in [4.69, 9.17) is 9.47 Å². The van der Waals surface area contributed by atoms with Gasteiger partial charge in [-0.3, -0.25) is 9.59 Å². The Morgan fingerprint density at radius 3 is 2.74 bits per heavy atom. The van der Waals surface area contributed by atoms with Gasteiger partial charge < -0.3 is 14.8 Å². The molecular weight excluding hydrogens is 266 g/mol. The second kappa shape index (κ2) is 5.97. The summed E-state index contributed by atoms with van der Waals surface area (Å²) in [5.41, 5.74) is 0.396. The standard InChI is InChI=1S/C13H15NO4S/c1-17-8-3-4-9(11(7-8)18-2)12(15)14-10-5-6-19-13(10)16/h3-4,7,10H,5-6H2,1-2H3,(H,14,15). The Kier molecular flexibility index (Phi) is 4.31. The zero-order valence-electron chi connectivity index (χ0n) is 10.8. The second-order valence-electron chi connectivity index (χ2n) is 4.05. The molecule has 0 saturated carbocycles. The zero-order chi connectivity index (χ0) is 13.8. The highest BCUT2D eigenvalue weighted by Gasteiger charge is 2.27. The van der Waals surface area contributed by atoms with Crippen LogP contribution in [-0.2, 0) is 4.79 Å². The zero-order valence-corrected chi connectivity index (χ0v) is 11.6. The summed E-state index contributed by atoms with van der Waals surface area (Å²) in [5.74, 6) is 1.49. The average Bonchev–Trinajstić information content (AvgIpc) is 2.83. The molecule has 19 heavy (non-hydrogen) atoms. The van der Waals surface area contributed by atoms with Gasteiger partial charge in [-0.2, -0.15) is 0 Å². The smallest absolute Gasteiger partial charge is 0.255 e. The van der Waals surface area contributed by atoms with Crippen LogP contribution in [0.5, 0.6) is 11.5 Å². The van der Waals surface area contributed by atoms with Crippen LogP contribution in [-0.4, -0.2) is 37.0 Å². The largest absolute Gasteiger partial charge is 0.497 e. The van der Waals surface area contributed by atoms with Crippen molar-refractivity contribution in [1.29, 1.82) is 0 Å². The van der Waals surface area contributed by atoms with Gasteiger partial charge >= 0.3 is 0 Å². The van der Waals surface area contributed by atoms with Crippen LogP contribution >= 0.6 is 11.8 Å². The fourth-order valence-electron chi connectivity index (χ4n) is 1.85. The minimum absolute atomic E-state index is 0.0147. The first-order chi connectivity index (χ1) is 9.15. The number of methoxy groups -OCH3 is 2. The van der Waals surface area contributed by atoms with Gasteiger partial charge in [-0.25, -0.2) is 0 Å². The maximum Gasteiger partial charge on any atom is 0.255 e. The first-order valence-electron chi connectivity index (χ1n) is 5.85. The van der Waals surface area contributed by atoms with Crippen molar-refractivity contribution in [2.75, 3.05) is 20.0 Å². The monoisotopic (exact) mass is 281 g/mol. The van der Waals surface area contributed by atoms with E-state index in [1.54, 1.807) is 25.3 Å². The molecule has 1 aromatic carbocycles. The first-order valence-corrected chi connectivity index (χ1v) is 6.84.